The maximum atomic E-state index is 12.0. The normalized spacial score (nSPS) is 13.2. The van der Waals surface area contributed by atoms with Crippen molar-refractivity contribution in [2.45, 2.75) is 14.9 Å². The van der Waals surface area contributed by atoms with Gasteiger partial charge in [0.05, 0.1) is 9.85 Å². The number of nitro benzene ring substituents is 2. The number of carbonyl (C=O) groups is 2. The molecule has 1 N–H and O–H groups in total. The molecule has 0 atom stereocenters. The largest absolute Gasteiger partial charge is 0.478 e. The zero-order valence-electron chi connectivity index (χ0n) is 18.4. The maximum Gasteiger partial charge on any atom is 0.328 e. The Kier molecular flexibility index (Phi) is 13.6. The lowest BCUT2D eigenvalue weighted by Gasteiger charge is -2.31. The minimum Gasteiger partial charge on any atom is -0.478 e. The lowest BCUT2D eigenvalue weighted by atomic mass is 10.2. The van der Waals surface area contributed by atoms with E-state index < -0.39 is 15.8 Å². The molecular formula is C25H32N4O7. The topological polar surface area (TPSA) is 147 Å². The van der Waals surface area contributed by atoms with Crippen LogP contribution in [0.15, 0.2) is 60.7 Å². The fourth-order valence-electron chi connectivity index (χ4n) is 2.95. The molecule has 0 radical (unpaired) electrons. The van der Waals surface area contributed by atoms with Crippen molar-refractivity contribution in [3.05, 3.63) is 92.0 Å². The second-order valence-electron chi connectivity index (χ2n) is 7.34. The van der Waals surface area contributed by atoms with Gasteiger partial charge in [0.2, 0.25) is 5.91 Å². The van der Waals surface area contributed by atoms with Gasteiger partial charge in [0, 0.05) is 62.6 Å². The second-order valence-corrected chi connectivity index (χ2v) is 7.34. The number of carboxylic acids is 1. The monoisotopic (exact) mass is 500 g/mol. The van der Waals surface area contributed by atoms with Crippen molar-refractivity contribution in [2.24, 2.45) is 0 Å². The van der Waals surface area contributed by atoms with E-state index in [2.05, 4.69) is 4.90 Å². The van der Waals surface area contributed by atoms with E-state index in [1.165, 1.54) is 42.5 Å². The van der Waals surface area contributed by atoms with Crippen LogP contribution in [0.4, 0.5) is 11.4 Å². The van der Waals surface area contributed by atoms with Gasteiger partial charge in [-0.3, -0.25) is 25.0 Å². The number of piperazine rings is 1. The number of carboxylic acid groups (broad SMARTS) is 1. The second kappa shape index (κ2) is 15.5. The van der Waals surface area contributed by atoms with E-state index in [1.807, 2.05) is 7.05 Å². The Morgan fingerprint density at radius 2 is 1.28 bits per heavy atom. The summed E-state index contributed by atoms with van der Waals surface area (Å²) in [6.07, 6.45) is 5.33. The highest BCUT2D eigenvalue weighted by Gasteiger charge is 2.16. The van der Waals surface area contributed by atoms with E-state index in [0.29, 0.717) is 24.2 Å². The highest BCUT2D eigenvalue weighted by atomic mass is 16.6. The molecule has 0 bridgehead atoms. The summed E-state index contributed by atoms with van der Waals surface area (Å²) in [5, 5.41) is 29.4. The average molecular weight is 501 g/mol. The molecule has 1 amide bonds. The molecule has 0 unspecified atom stereocenters. The fourth-order valence-corrected chi connectivity index (χ4v) is 2.95. The van der Waals surface area contributed by atoms with Gasteiger partial charge in [-0.15, -0.1) is 0 Å². The van der Waals surface area contributed by atoms with Crippen LogP contribution in [0.5, 0.6) is 0 Å². The molecular weight excluding hydrogens is 468 g/mol. The number of rotatable bonds is 6. The summed E-state index contributed by atoms with van der Waals surface area (Å²) in [7, 11) is 2.03. The molecule has 11 nitrogen and oxygen atoms in total. The number of carbonyl (C=O) groups excluding carboxylic acids is 1. The van der Waals surface area contributed by atoms with E-state index in [9.17, 15) is 29.8 Å². The Bertz CT molecular complexity index is 1110. The summed E-state index contributed by atoms with van der Waals surface area (Å²) in [6, 6.07) is 12.0. The minimum atomic E-state index is -1.09. The molecule has 1 heterocycles. The number of amides is 1. The van der Waals surface area contributed by atoms with Gasteiger partial charge in [-0.05, 0) is 30.3 Å². The average Bonchev–Trinajstić information content (AvgIpc) is 2.82. The van der Waals surface area contributed by atoms with Gasteiger partial charge in [0.25, 0.3) is 11.4 Å². The molecule has 1 aliphatic rings. The first-order valence-electron chi connectivity index (χ1n) is 10.2. The zero-order chi connectivity index (χ0) is 25.1. The van der Waals surface area contributed by atoms with Crippen LogP contribution in [0.1, 0.15) is 26.0 Å². The molecule has 3 rings (SSSR count). The van der Waals surface area contributed by atoms with Crippen LogP contribution >= 0.6 is 0 Å². The van der Waals surface area contributed by atoms with Crippen molar-refractivity contribution >= 4 is 35.4 Å². The van der Waals surface area contributed by atoms with Crippen molar-refractivity contribution in [3.63, 3.8) is 0 Å². The molecule has 1 fully saturated rings. The molecule has 194 valence electrons. The number of nitro groups is 2. The van der Waals surface area contributed by atoms with Gasteiger partial charge >= 0.3 is 5.97 Å². The Morgan fingerprint density at radius 1 is 0.833 bits per heavy atom. The number of non-ortho nitro benzene ring substituents is 2. The zero-order valence-corrected chi connectivity index (χ0v) is 18.4. The summed E-state index contributed by atoms with van der Waals surface area (Å²) < 4.78 is 0. The number of benzene rings is 2. The van der Waals surface area contributed by atoms with Gasteiger partial charge in [0.15, 0.2) is 0 Å². The first kappa shape index (κ1) is 31.6. The molecule has 1 aliphatic heterocycles. The van der Waals surface area contributed by atoms with Gasteiger partial charge in [0.1, 0.15) is 0 Å². The highest BCUT2D eigenvalue weighted by molar-refractivity contribution is 5.92. The number of likely N-dealkylation sites (N-methyl/N-ethyl adjacent to an activating group) is 1. The summed E-state index contributed by atoms with van der Waals surface area (Å²) in [5.41, 5.74) is 1.11. The quantitative estimate of drug-likeness (QED) is 0.350. The summed E-state index contributed by atoms with van der Waals surface area (Å²) in [5.74, 6) is -1.14. The first-order valence-corrected chi connectivity index (χ1v) is 10.2. The molecule has 11 heteroatoms. The van der Waals surface area contributed by atoms with Gasteiger partial charge in [-0.2, -0.15) is 0 Å². The summed E-state index contributed by atoms with van der Waals surface area (Å²) in [4.78, 5) is 46.2. The lowest BCUT2D eigenvalue weighted by molar-refractivity contribution is -0.385. The molecule has 2 aromatic rings. The number of hydrogen-bond acceptors (Lipinski definition) is 7. The van der Waals surface area contributed by atoms with Crippen molar-refractivity contribution in [2.75, 3.05) is 33.2 Å². The van der Waals surface area contributed by atoms with Gasteiger partial charge < -0.3 is 14.9 Å². The van der Waals surface area contributed by atoms with E-state index >= 15 is 0 Å². The van der Waals surface area contributed by atoms with Crippen LogP contribution in [0.25, 0.3) is 12.2 Å². The molecule has 1 saturated heterocycles. The Labute approximate surface area is 210 Å². The Morgan fingerprint density at radius 3 is 1.69 bits per heavy atom. The standard InChI is InChI=1S/C14H17N3O3.C9H7NO4.2CH4/c1-15-7-9-16(10-8-15)14(18)6-5-12-3-2-4-13(11-12)17(19)20;11-9(12)5-4-7-2-1-3-8(6-7)10(13)14;;/h2-6,11H,7-10H2,1H3;1-6H,(H,11,12);2*1H4/b6-5+;5-4+;;. The van der Waals surface area contributed by atoms with Crippen LogP contribution in [0.3, 0.4) is 0 Å². The van der Waals surface area contributed by atoms with Crippen molar-refractivity contribution in [1.29, 1.82) is 0 Å². The number of nitrogens with zero attached hydrogens (tertiary/aromatic N) is 4. The predicted octanol–water partition coefficient (Wildman–Crippen LogP) is 4.35. The van der Waals surface area contributed by atoms with Crippen molar-refractivity contribution < 1.29 is 24.5 Å². The molecule has 0 saturated carbocycles. The van der Waals surface area contributed by atoms with E-state index in [-0.39, 0.29) is 32.1 Å². The Hall–Kier alpha value is -4.38. The summed E-state index contributed by atoms with van der Waals surface area (Å²) in [6.45, 7) is 3.18. The highest BCUT2D eigenvalue weighted by Crippen LogP contribution is 2.15. The third-order valence-electron chi connectivity index (χ3n) is 4.81. The van der Waals surface area contributed by atoms with Crippen LogP contribution in [0, 0.1) is 20.2 Å². The molecule has 36 heavy (non-hydrogen) atoms. The molecule has 0 aromatic heterocycles. The third kappa shape index (κ3) is 10.7. The SMILES string of the molecule is C.C.CN1CCN(C(=O)/C=C/c2cccc([N+](=O)[O-])c2)CC1.O=C(O)/C=C/c1cccc([N+](=O)[O-])c1. The van der Waals surface area contributed by atoms with Gasteiger partial charge in [-0.25, -0.2) is 4.79 Å². The van der Waals surface area contributed by atoms with E-state index in [4.69, 9.17) is 5.11 Å². The summed E-state index contributed by atoms with van der Waals surface area (Å²) >= 11 is 0. The van der Waals surface area contributed by atoms with Crippen LogP contribution in [0.2, 0.25) is 0 Å². The molecule has 0 spiro atoms. The maximum absolute atomic E-state index is 12.0. The third-order valence-corrected chi connectivity index (χ3v) is 4.81. The van der Waals surface area contributed by atoms with Crippen molar-refractivity contribution in [1.82, 2.24) is 9.80 Å². The predicted molar refractivity (Wildman–Crippen MR) is 139 cm³/mol. The number of aliphatic carboxylic acids is 1. The van der Waals surface area contributed by atoms with Crippen LogP contribution < -0.4 is 0 Å². The lowest BCUT2D eigenvalue weighted by Crippen LogP contribution is -2.46. The van der Waals surface area contributed by atoms with Crippen LogP contribution in [-0.4, -0.2) is 69.9 Å². The number of hydrogen-bond donors (Lipinski definition) is 1. The molecule has 0 aliphatic carbocycles. The van der Waals surface area contributed by atoms with E-state index in [1.54, 1.807) is 29.2 Å². The minimum absolute atomic E-state index is 0. The van der Waals surface area contributed by atoms with Crippen molar-refractivity contribution in [3.8, 4) is 0 Å². The van der Waals surface area contributed by atoms with Crippen LogP contribution in [-0.2, 0) is 9.59 Å². The first-order chi connectivity index (χ1) is 16.2. The fraction of sp³-hybridized carbons (Fsp3) is 0.280. The van der Waals surface area contributed by atoms with E-state index in [0.717, 1.165) is 19.2 Å². The van der Waals surface area contributed by atoms with Gasteiger partial charge in [-0.1, -0.05) is 39.1 Å². The Balaban J connectivity index is 0.000000682. The smallest absolute Gasteiger partial charge is 0.328 e. The molecule has 2 aromatic carbocycles.